The molecule has 0 amide bonds. The highest BCUT2D eigenvalue weighted by Gasteiger charge is 2.33. The van der Waals surface area contributed by atoms with E-state index in [2.05, 4.69) is 0 Å². The predicted octanol–water partition coefficient (Wildman–Crippen LogP) is 1.11. The van der Waals surface area contributed by atoms with Gasteiger partial charge in [0.25, 0.3) is 0 Å². The minimum atomic E-state index is -0.520. The van der Waals surface area contributed by atoms with Crippen molar-refractivity contribution >= 4 is 0 Å². The van der Waals surface area contributed by atoms with Crippen LogP contribution in [0.25, 0.3) is 0 Å². The maximum Gasteiger partial charge on any atom is 0.165 e. The standard InChI is InChI=1S/C15H23NO4/c1-15(2)7-10-5-4-6-12(14(10)20-15)19-13(8-17)11(16)9-18-3/h4-6,11,13,17H,7-9,16H2,1-3H3. The lowest BCUT2D eigenvalue weighted by atomic mass is 10.0. The van der Waals surface area contributed by atoms with Gasteiger partial charge >= 0.3 is 0 Å². The maximum absolute atomic E-state index is 9.43. The highest BCUT2D eigenvalue weighted by atomic mass is 16.5. The number of para-hydroxylation sites is 1. The molecule has 1 heterocycles. The molecular formula is C15H23NO4. The quantitative estimate of drug-likeness (QED) is 0.817. The highest BCUT2D eigenvalue weighted by Crippen LogP contribution is 2.42. The molecule has 3 N–H and O–H groups in total. The lowest BCUT2D eigenvalue weighted by Crippen LogP contribution is -2.44. The van der Waals surface area contributed by atoms with Crippen LogP contribution in [-0.2, 0) is 11.2 Å². The molecule has 0 spiro atoms. The summed E-state index contributed by atoms with van der Waals surface area (Å²) in [5.74, 6) is 1.37. The number of hydrogen-bond acceptors (Lipinski definition) is 5. The molecule has 0 saturated heterocycles. The molecule has 5 nitrogen and oxygen atoms in total. The Bertz CT molecular complexity index is 461. The van der Waals surface area contributed by atoms with Gasteiger partial charge in [-0.05, 0) is 19.9 Å². The highest BCUT2D eigenvalue weighted by molar-refractivity contribution is 5.50. The molecule has 1 aromatic carbocycles. The summed E-state index contributed by atoms with van der Waals surface area (Å²) >= 11 is 0. The van der Waals surface area contributed by atoms with E-state index in [1.54, 1.807) is 7.11 Å². The first-order chi connectivity index (χ1) is 9.46. The van der Waals surface area contributed by atoms with Crippen molar-refractivity contribution in [1.29, 1.82) is 0 Å². The number of aliphatic hydroxyl groups is 1. The Labute approximate surface area is 119 Å². The van der Waals surface area contributed by atoms with E-state index in [9.17, 15) is 5.11 Å². The van der Waals surface area contributed by atoms with Gasteiger partial charge in [0.05, 0.1) is 19.3 Å². The first-order valence-corrected chi connectivity index (χ1v) is 6.80. The normalized spacial score (nSPS) is 19.1. The zero-order valence-corrected chi connectivity index (χ0v) is 12.3. The van der Waals surface area contributed by atoms with Crippen LogP contribution >= 0.6 is 0 Å². The third-order valence-corrected chi connectivity index (χ3v) is 3.35. The number of aliphatic hydroxyl groups excluding tert-OH is 1. The lowest BCUT2D eigenvalue weighted by Gasteiger charge is -2.24. The molecule has 2 rings (SSSR count). The summed E-state index contributed by atoms with van der Waals surface area (Å²) in [5, 5.41) is 9.43. The van der Waals surface area contributed by atoms with E-state index in [0.717, 1.165) is 17.7 Å². The molecule has 0 radical (unpaired) electrons. The second-order valence-corrected chi connectivity index (χ2v) is 5.74. The summed E-state index contributed by atoms with van der Waals surface area (Å²) in [7, 11) is 1.57. The van der Waals surface area contributed by atoms with Gasteiger partial charge in [0.1, 0.15) is 11.7 Å². The first-order valence-electron chi connectivity index (χ1n) is 6.80. The van der Waals surface area contributed by atoms with Crippen molar-refractivity contribution in [3.05, 3.63) is 23.8 Å². The number of fused-ring (bicyclic) bond motifs is 1. The van der Waals surface area contributed by atoms with Gasteiger partial charge in [0.2, 0.25) is 0 Å². The summed E-state index contributed by atoms with van der Waals surface area (Å²) in [5.41, 5.74) is 6.82. The number of ether oxygens (including phenoxy) is 3. The van der Waals surface area contributed by atoms with Crippen molar-refractivity contribution in [1.82, 2.24) is 0 Å². The number of nitrogens with two attached hydrogens (primary N) is 1. The maximum atomic E-state index is 9.43. The Hall–Kier alpha value is -1.30. The summed E-state index contributed by atoms with van der Waals surface area (Å²) in [6.45, 7) is 4.23. The first kappa shape index (κ1) is 15.1. The third-order valence-electron chi connectivity index (χ3n) is 3.35. The van der Waals surface area contributed by atoms with E-state index in [4.69, 9.17) is 19.9 Å². The Balaban J connectivity index is 2.17. The molecule has 1 aromatic rings. The van der Waals surface area contributed by atoms with Crippen LogP contribution in [0, 0.1) is 0 Å². The lowest BCUT2D eigenvalue weighted by molar-refractivity contribution is 0.0552. The van der Waals surface area contributed by atoms with Gasteiger partial charge in [-0.3, -0.25) is 0 Å². The Kier molecular flexibility index (Phi) is 4.52. The molecule has 1 aliphatic heterocycles. The van der Waals surface area contributed by atoms with Crippen LogP contribution in [-0.4, -0.2) is 43.2 Å². The van der Waals surface area contributed by atoms with Crippen LogP contribution in [0.1, 0.15) is 19.4 Å². The Morgan fingerprint density at radius 1 is 1.45 bits per heavy atom. The molecule has 1 aliphatic rings. The molecule has 20 heavy (non-hydrogen) atoms. The number of benzene rings is 1. The Morgan fingerprint density at radius 3 is 2.85 bits per heavy atom. The van der Waals surface area contributed by atoms with Crippen LogP contribution in [0.2, 0.25) is 0 Å². The van der Waals surface area contributed by atoms with E-state index in [0.29, 0.717) is 12.4 Å². The average Bonchev–Trinajstić information content (AvgIpc) is 2.70. The summed E-state index contributed by atoms with van der Waals surface area (Å²) < 4.78 is 16.8. The van der Waals surface area contributed by atoms with Crippen LogP contribution in [0.4, 0.5) is 0 Å². The summed E-state index contributed by atoms with van der Waals surface area (Å²) in [4.78, 5) is 0. The zero-order valence-electron chi connectivity index (χ0n) is 12.3. The minimum absolute atomic E-state index is 0.169. The summed E-state index contributed by atoms with van der Waals surface area (Å²) in [6, 6.07) is 5.40. The van der Waals surface area contributed by atoms with Crippen LogP contribution in [0.3, 0.4) is 0 Å². The van der Waals surface area contributed by atoms with Gasteiger partial charge in [-0.15, -0.1) is 0 Å². The van der Waals surface area contributed by atoms with Crippen LogP contribution < -0.4 is 15.2 Å². The average molecular weight is 281 g/mol. The molecule has 2 atom stereocenters. The molecular weight excluding hydrogens is 258 g/mol. The molecule has 0 aromatic heterocycles. The third kappa shape index (κ3) is 3.23. The fourth-order valence-electron chi connectivity index (χ4n) is 2.40. The number of methoxy groups -OCH3 is 1. The second-order valence-electron chi connectivity index (χ2n) is 5.74. The second kappa shape index (κ2) is 5.99. The van der Waals surface area contributed by atoms with E-state index in [1.807, 2.05) is 32.0 Å². The smallest absolute Gasteiger partial charge is 0.165 e. The van der Waals surface area contributed by atoms with Crippen LogP contribution in [0.5, 0.6) is 11.5 Å². The molecule has 0 bridgehead atoms. The van der Waals surface area contributed by atoms with Crippen molar-refractivity contribution in [3.63, 3.8) is 0 Å². The minimum Gasteiger partial charge on any atom is -0.483 e. The number of rotatable bonds is 6. The predicted molar refractivity (Wildman–Crippen MR) is 76.2 cm³/mol. The van der Waals surface area contributed by atoms with E-state index >= 15 is 0 Å². The topological polar surface area (TPSA) is 73.9 Å². The SMILES string of the molecule is COCC(N)C(CO)Oc1cccc2c1OC(C)(C)C2. The number of hydrogen-bond donors (Lipinski definition) is 2. The van der Waals surface area contributed by atoms with Gasteiger partial charge in [-0.1, -0.05) is 12.1 Å². The molecule has 112 valence electrons. The van der Waals surface area contributed by atoms with E-state index < -0.39 is 12.1 Å². The fraction of sp³-hybridized carbons (Fsp3) is 0.600. The van der Waals surface area contributed by atoms with E-state index in [1.165, 1.54) is 0 Å². The molecule has 0 aliphatic carbocycles. The van der Waals surface area contributed by atoms with Gasteiger partial charge in [0, 0.05) is 19.1 Å². The van der Waals surface area contributed by atoms with Crippen molar-refractivity contribution in [2.75, 3.05) is 20.3 Å². The van der Waals surface area contributed by atoms with Gasteiger partial charge in [-0.25, -0.2) is 0 Å². The largest absolute Gasteiger partial charge is 0.483 e. The molecule has 0 fully saturated rings. The summed E-state index contributed by atoms with van der Waals surface area (Å²) in [6.07, 6.45) is 0.321. The zero-order chi connectivity index (χ0) is 14.8. The van der Waals surface area contributed by atoms with Crippen LogP contribution in [0.15, 0.2) is 18.2 Å². The van der Waals surface area contributed by atoms with E-state index in [-0.39, 0.29) is 12.2 Å². The van der Waals surface area contributed by atoms with Crippen molar-refractivity contribution in [2.24, 2.45) is 5.73 Å². The Morgan fingerprint density at radius 2 is 2.20 bits per heavy atom. The monoisotopic (exact) mass is 281 g/mol. The van der Waals surface area contributed by atoms with Gasteiger partial charge in [-0.2, -0.15) is 0 Å². The van der Waals surface area contributed by atoms with Crippen molar-refractivity contribution < 1.29 is 19.3 Å². The molecule has 2 unspecified atom stereocenters. The van der Waals surface area contributed by atoms with Crippen molar-refractivity contribution in [2.45, 2.75) is 38.0 Å². The van der Waals surface area contributed by atoms with Gasteiger partial charge in [0.15, 0.2) is 11.5 Å². The van der Waals surface area contributed by atoms with Crippen molar-refractivity contribution in [3.8, 4) is 11.5 Å². The molecule has 0 saturated carbocycles. The fourth-order valence-corrected chi connectivity index (χ4v) is 2.40. The molecule has 5 heteroatoms. The van der Waals surface area contributed by atoms with Gasteiger partial charge < -0.3 is 25.1 Å².